The van der Waals surface area contributed by atoms with Crippen molar-refractivity contribution in [3.05, 3.63) is 0 Å². The molecule has 0 heterocycles. The zero-order chi connectivity index (χ0) is 19.7. The Kier molecular flexibility index (Phi) is 9.37. The number of esters is 1. The smallest absolute Gasteiger partial charge is 0.465 e. The monoisotopic (exact) mass is 393 g/mol. The quantitative estimate of drug-likeness (QED) is 0.343. The van der Waals surface area contributed by atoms with E-state index in [1.54, 1.807) is 6.92 Å². The average Bonchev–Trinajstić information content (AvgIpc) is 2.50. The van der Waals surface area contributed by atoms with Crippen molar-refractivity contribution in [1.82, 2.24) is 4.72 Å². The van der Waals surface area contributed by atoms with Crippen LogP contribution in [0.5, 0.6) is 0 Å². The van der Waals surface area contributed by atoms with Crippen LogP contribution in [-0.2, 0) is 24.3 Å². The summed E-state index contributed by atoms with van der Waals surface area (Å²) < 4.78 is 63.4. The molecule has 0 radical (unpaired) electrons. The SMILES string of the molecule is CCCC(CO)(CO)C(=O)OCCCCC(=O)NS(=O)(=O)C(F)(F)F. The predicted molar refractivity (Wildman–Crippen MR) is 79.4 cm³/mol. The molecular formula is C13H22F3NO7S. The third-order valence-corrected chi connectivity index (χ3v) is 4.46. The van der Waals surface area contributed by atoms with Gasteiger partial charge in [0, 0.05) is 6.42 Å². The number of nitrogens with one attached hydrogen (secondary N) is 1. The molecule has 0 saturated carbocycles. The first-order valence-electron chi connectivity index (χ1n) is 7.46. The highest BCUT2D eigenvalue weighted by atomic mass is 32.2. The van der Waals surface area contributed by atoms with E-state index in [0.717, 1.165) is 4.72 Å². The number of hydrogen-bond acceptors (Lipinski definition) is 7. The van der Waals surface area contributed by atoms with E-state index in [9.17, 15) is 41.4 Å². The normalized spacial score (nSPS) is 12.7. The Morgan fingerprint density at radius 2 is 1.68 bits per heavy atom. The summed E-state index contributed by atoms with van der Waals surface area (Å²) in [4.78, 5) is 23.1. The average molecular weight is 393 g/mol. The zero-order valence-electron chi connectivity index (χ0n) is 13.6. The second kappa shape index (κ2) is 9.92. The molecule has 0 fully saturated rings. The summed E-state index contributed by atoms with van der Waals surface area (Å²) in [6, 6.07) is 0. The molecule has 0 saturated heterocycles. The van der Waals surface area contributed by atoms with Crippen LogP contribution >= 0.6 is 0 Å². The molecule has 0 aliphatic carbocycles. The molecule has 0 rings (SSSR count). The minimum atomic E-state index is -5.73. The molecule has 0 atom stereocenters. The summed E-state index contributed by atoms with van der Waals surface area (Å²) in [7, 11) is -5.73. The van der Waals surface area contributed by atoms with Crippen LogP contribution < -0.4 is 4.72 Å². The van der Waals surface area contributed by atoms with E-state index in [4.69, 9.17) is 4.74 Å². The lowest BCUT2D eigenvalue weighted by Gasteiger charge is -2.26. The first-order valence-corrected chi connectivity index (χ1v) is 8.95. The Bertz CT molecular complexity index is 544. The van der Waals surface area contributed by atoms with Crippen molar-refractivity contribution < 1.29 is 46.1 Å². The number of unbranched alkanes of at least 4 members (excludes halogenated alkanes) is 1. The molecule has 12 heteroatoms. The van der Waals surface area contributed by atoms with E-state index in [0.29, 0.717) is 6.42 Å². The van der Waals surface area contributed by atoms with Crippen LogP contribution in [0.3, 0.4) is 0 Å². The van der Waals surface area contributed by atoms with Gasteiger partial charge in [0.05, 0.1) is 19.8 Å². The summed E-state index contributed by atoms with van der Waals surface area (Å²) in [5, 5.41) is 18.5. The molecule has 3 N–H and O–H groups in total. The van der Waals surface area contributed by atoms with E-state index in [-0.39, 0.29) is 25.9 Å². The second-order valence-electron chi connectivity index (χ2n) is 5.41. The maximum atomic E-state index is 12.1. The van der Waals surface area contributed by atoms with E-state index < -0.39 is 52.5 Å². The lowest BCUT2D eigenvalue weighted by atomic mass is 9.85. The molecular weight excluding hydrogens is 371 g/mol. The topological polar surface area (TPSA) is 130 Å². The third kappa shape index (κ3) is 7.16. The van der Waals surface area contributed by atoms with Gasteiger partial charge in [-0.2, -0.15) is 21.6 Å². The fourth-order valence-corrected chi connectivity index (χ4v) is 2.40. The number of halogens is 3. The Labute approximate surface area is 143 Å². The van der Waals surface area contributed by atoms with Crippen LogP contribution in [0.4, 0.5) is 13.2 Å². The standard InChI is InChI=1S/C13H22F3NO7S/c1-2-6-12(8-18,9-19)11(21)24-7-4-3-5-10(20)17-25(22,23)13(14,15)16/h18-19H,2-9H2,1H3,(H,17,20). The predicted octanol–water partition coefficient (Wildman–Crippen LogP) is 0.437. The van der Waals surface area contributed by atoms with Crippen molar-refractivity contribution in [1.29, 1.82) is 0 Å². The molecule has 0 unspecified atom stereocenters. The number of amides is 1. The summed E-state index contributed by atoms with van der Waals surface area (Å²) in [6.45, 7) is 0.353. The number of sulfonamides is 1. The Hall–Kier alpha value is -1.40. The number of hydrogen-bond donors (Lipinski definition) is 3. The first-order chi connectivity index (χ1) is 11.5. The molecule has 8 nitrogen and oxygen atoms in total. The van der Waals surface area contributed by atoms with Crippen LogP contribution in [0.25, 0.3) is 0 Å². The molecule has 0 aromatic carbocycles. The summed E-state index contributed by atoms with van der Waals surface area (Å²) in [5.74, 6) is -2.14. The Morgan fingerprint density at radius 3 is 2.12 bits per heavy atom. The molecule has 0 bridgehead atoms. The molecule has 0 aliphatic rings. The summed E-state index contributed by atoms with van der Waals surface area (Å²) in [5.41, 5.74) is -7.00. The number of aliphatic hydroxyl groups is 2. The van der Waals surface area contributed by atoms with Gasteiger partial charge in [0.15, 0.2) is 0 Å². The molecule has 0 aliphatic heterocycles. The van der Waals surface area contributed by atoms with Crippen LogP contribution in [0.2, 0.25) is 0 Å². The highest BCUT2D eigenvalue weighted by Crippen LogP contribution is 2.25. The number of carbonyl (C=O) groups is 2. The Balaban J connectivity index is 4.26. The van der Waals surface area contributed by atoms with Gasteiger partial charge in [0.2, 0.25) is 5.91 Å². The number of carbonyl (C=O) groups excluding carboxylic acids is 2. The summed E-state index contributed by atoms with van der Waals surface area (Å²) >= 11 is 0. The number of aliphatic hydroxyl groups excluding tert-OH is 2. The zero-order valence-corrected chi connectivity index (χ0v) is 14.5. The van der Waals surface area contributed by atoms with Crippen molar-refractivity contribution in [2.24, 2.45) is 5.41 Å². The third-order valence-electron chi connectivity index (χ3n) is 3.35. The minimum absolute atomic E-state index is 0.0223. The molecule has 25 heavy (non-hydrogen) atoms. The molecule has 0 aromatic heterocycles. The number of alkyl halides is 3. The Morgan fingerprint density at radius 1 is 1.12 bits per heavy atom. The van der Waals surface area contributed by atoms with Gasteiger partial charge in [-0.25, -0.2) is 4.72 Å². The number of rotatable bonds is 11. The highest BCUT2D eigenvalue weighted by molar-refractivity contribution is 7.90. The largest absolute Gasteiger partial charge is 0.516 e. The van der Waals surface area contributed by atoms with E-state index >= 15 is 0 Å². The van der Waals surface area contributed by atoms with Gasteiger partial charge in [-0.3, -0.25) is 9.59 Å². The van der Waals surface area contributed by atoms with Crippen molar-refractivity contribution in [2.45, 2.75) is 44.5 Å². The highest BCUT2D eigenvalue weighted by Gasteiger charge is 2.46. The van der Waals surface area contributed by atoms with Crippen molar-refractivity contribution in [3.63, 3.8) is 0 Å². The van der Waals surface area contributed by atoms with Crippen LogP contribution in [0, 0.1) is 5.41 Å². The van der Waals surface area contributed by atoms with Gasteiger partial charge in [-0.1, -0.05) is 13.3 Å². The van der Waals surface area contributed by atoms with Gasteiger partial charge in [-0.05, 0) is 19.3 Å². The van der Waals surface area contributed by atoms with Crippen molar-refractivity contribution in [2.75, 3.05) is 19.8 Å². The molecule has 1 amide bonds. The molecule has 148 valence electrons. The van der Waals surface area contributed by atoms with E-state index in [1.165, 1.54) is 0 Å². The maximum Gasteiger partial charge on any atom is 0.516 e. The second-order valence-corrected chi connectivity index (χ2v) is 7.09. The molecule has 0 spiro atoms. The van der Waals surface area contributed by atoms with Crippen LogP contribution in [0.1, 0.15) is 39.0 Å². The van der Waals surface area contributed by atoms with Crippen LogP contribution in [0.15, 0.2) is 0 Å². The van der Waals surface area contributed by atoms with Gasteiger partial charge < -0.3 is 14.9 Å². The van der Waals surface area contributed by atoms with Crippen molar-refractivity contribution >= 4 is 21.9 Å². The molecule has 0 aromatic rings. The minimum Gasteiger partial charge on any atom is -0.465 e. The summed E-state index contributed by atoms with van der Waals surface area (Å²) in [6.07, 6.45) is 0.281. The lowest BCUT2D eigenvalue weighted by molar-refractivity contribution is -0.162. The maximum absolute atomic E-state index is 12.1. The van der Waals surface area contributed by atoms with Crippen LogP contribution in [-0.4, -0.2) is 55.8 Å². The number of ether oxygens (including phenoxy) is 1. The fourth-order valence-electron chi connectivity index (χ4n) is 1.88. The van der Waals surface area contributed by atoms with Crippen molar-refractivity contribution in [3.8, 4) is 0 Å². The van der Waals surface area contributed by atoms with E-state index in [2.05, 4.69) is 0 Å². The van der Waals surface area contributed by atoms with E-state index in [1.807, 2.05) is 0 Å². The van der Waals surface area contributed by atoms with Gasteiger partial charge >= 0.3 is 21.5 Å². The lowest BCUT2D eigenvalue weighted by Crippen LogP contribution is -2.40. The van der Waals surface area contributed by atoms with Gasteiger partial charge in [0.25, 0.3) is 0 Å². The van der Waals surface area contributed by atoms with Gasteiger partial charge in [-0.15, -0.1) is 0 Å². The fraction of sp³-hybridized carbons (Fsp3) is 0.846. The first kappa shape index (κ1) is 23.6. The van der Waals surface area contributed by atoms with Gasteiger partial charge in [0.1, 0.15) is 5.41 Å².